The second kappa shape index (κ2) is 5.87. The number of hydrogen-bond acceptors (Lipinski definition) is 3. The Morgan fingerprint density at radius 1 is 1.38 bits per heavy atom. The predicted octanol–water partition coefficient (Wildman–Crippen LogP) is 0.615. The summed E-state index contributed by atoms with van der Waals surface area (Å²) in [7, 11) is 0. The van der Waals surface area contributed by atoms with Gasteiger partial charge in [0, 0.05) is 0 Å². The largest absolute Gasteiger partial charge is 0.397 e. The Balaban J connectivity index is 4.19. The minimum atomic E-state index is -2.79. The van der Waals surface area contributed by atoms with Crippen molar-refractivity contribution in [3.8, 4) is 0 Å². The summed E-state index contributed by atoms with van der Waals surface area (Å²) < 4.78 is 23.5. The summed E-state index contributed by atoms with van der Waals surface area (Å²) >= 11 is 0. The Bertz CT molecular complexity index is 255. The second-order valence-electron chi connectivity index (χ2n) is 2.02. The smallest absolute Gasteiger partial charge is 0.279 e. The van der Waals surface area contributed by atoms with E-state index in [0.29, 0.717) is 0 Å². The fourth-order valence-electron chi connectivity index (χ4n) is 0.431. The summed E-state index contributed by atoms with van der Waals surface area (Å²) in [5.41, 5.74) is 9.52. The fraction of sp³-hybridized carbons (Fsp3) is 0.143. The summed E-state index contributed by atoms with van der Waals surface area (Å²) in [6, 6.07) is 0. The number of rotatable bonds is 4. The molecule has 0 aliphatic rings. The standard InChI is InChI=1S/C7H10F2N4/c8-7(9)6(12)2-1-5(11)3-13-4-10/h1-4,7,12H,11H2,(H2,10,13)/b2-1-,5-3+,12-6?. The zero-order chi connectivity index (χ0) is 10.3. The zero-order valence-electron chi connectivity index (χ0n) is 6.74. The number of alkyl halides is 2. The molecule has 0 aromatic rings. The van der Waals surface area contributed by atoms with E-state index in [1.807, 2.05) is 0 Å². The Morgan fingerprint density at radius 2 is 2.00 bits per heavy atom. The lowest BCUT2D eigenvalue weighted by Crippen LogP contribution is -2.05. The van der Waals surface area contributed by atoms with Crippen LogP contribution in [0.25, 0.3) is 0 Å². The number of hydrogen-bond donors (Lipinski definition) is 3. The third-order valence-electron chi connectivity index (χ3n) is 1.00. The van der Waals surface area contributed by atoms with Gasteiger partial charge in [0.25, 0.3) is 6.43 Å². The van der Waals surface area contributed by atoms with Gasteiger partial charge in [0.2, 0.25) is 0 Å². The van der Waals surface area contributed by atoms with Crippen LogP contribution in [0.3, 0.4) is 0 Å². The van der Waals surface area contributed by atoms with Gasteiger partial charge in [-0.25, -0.2) is 13.8 Å². The van der Waals surface area contributed by atoms with E-state index in [-0.39, 0.29) is 5.70 Å². The molecule has 0 aliphatic heterocycles. The monoisotopic (exact) mass is 188 g/mol. The highest BCUT2D eigenvalue weighted by atomic mass is 19.3. The lowest BCUT2D eigenvalue weighted by atomic mass is 10.3. The molecule has 6 heteroatoms. The van der Waals surface area contributed by atoms with Crippen LogP contribution in [0.5, 0.6) is 0 Å². The van der Waals surface area contributed by atoms with Crippen molar-refractivity contribution >= 4 is 12.1 Å². The van der Waals surface area contributed by atoms with E-state index in [4.69, 9.17) is 16.9 Å². The van der Waals surface area contributed by atoms with E-state index in [1.165, 1.54) is 6.20 Å². The number of allylic oxidation sites excluding steroid dienone is 2. The fourth-order valence-corrected chi connectivity index (χ4v) is 0.431. The van der Waals surface area contributed by atoms with E-state index >= 15 is 0 Å². The van der Waals surface area contributed by atoms with Gasteiger partial charge in [0.05, 0.1) is 23.9 Å². The quantitative estimate of drug-likeness (QED) is 0.343. The van der Waals surface area contributed by atoms with Crippen LogP contribution in [-0.4, -0.2) is 18.5 Å². The molecule has 0 unspecified atom stereocenters. The maximum atomic E-state index is 11.7. The molecular weight excluding hydrogens is 178 g/mol. The van der Waals surface area contributed by atoms with Gasteiger partial charge in [-0.05, 0) is 12.2 Å². The first-order valence-electron chi connectivity index (χ1n) is 3.31. The van der Waals surface area contributed by atoms with E-state index < -0.39 is 12.1 Å². The zero-order valence-corrected chi connectivity index (χ0v) is 6.74. The molecule has 72 valence electrons. The Hall–Kier alpha value is -1.72. The van der Waals surface area contributed by atoms with Crippen molar-refractivity contribution in [1.29, 1.82) is 5.41 Å². The van der Waals surface area contributed by atoms with Crippen LogP contribution in [0, 0.1) is 5.41 Å². The van der Waals surface area contributed by atoms with Crippen LogP contribution in [0.1, 0.15) is 0 Å². The molecule has 13 heavy (non-hydrogen) atoms. The minimum absolute atomic E-state index is 0.145. The van der Waals surface area contributed by atoms with Gasteiger partial charge in [0.15, 0.2) is 0 Å². The maximum absolute atomic E-state index is 11.7. The van der Waals surface area contributed by atoms with E-state index in [1.54, 1.807) is 0 Å². The molecule has 0 saturated heterocycles. The molecule has 0 aromatic carbocycles. The van der Waals surface area contributed by atoms with Gasteiger partial charge in [-0.2, -0.15) is 0 Å². The SMILES string of the molecule is N=C(/C=C\C(N)=C/N=CN)C(F)F. The molecule has 4 nitrogen and oxygen atoms in total. The molecule has 0 amide bonds. The van der Waals surface area contributed by atoms with E-state index in [9.17, 15) is 8.78 Å². The van der Waals surface area contributed by atoms with Crippen LogP contribution in [0.15, 0.2) is 29.0 Å². The molecule has 0 saturated carbocycles. The highest BCUT2D eigenvalue weighted by Crippen LogP contribution is 1.97. The number of nitrogens with zero attached hydrogens (tertiary/aromatic N) is 1. The second-order valence-corrected chi connectivity index (χ2v) is 2.02. The van der Waals surface area contributed by atoms with E-state index in [2.05, 4.69) is 4.99 Å². The maximum Gasteiger partial charge on any atom is 0.279 e. The average Bonchev–Trinajstić information content (AvgIpc) is 2.10. The number of nitrogens with one attached hydrogen (secondary N) is 1. The van der Waals surface area contributed by atoms with Crippen molar-refractivity contribution in [2.24, 2.45) is 16.5 Å². The Labute approximate surface area is 74.1 Å². The van der Waals surface area contributed by atoms with Gasteiger partial charge in [-0.15, -0.1) is 0 Å². The molecule has 0 fully saturated rings. The molecule has 0 aliphatic carbocycles. The van der Waals surface area contributed by atoms with Gasteiger partial charge in [0.1, 0.15) is 0 Å². The van der Waals surface area contributed by atoms with Gasteiger partial charge < -0.3 is 11.5 Å². The third kappa shape index (κ3) is 5.54. The predicted molar refractivity (Wildman–Crippen MR) is 47.8 cm³/mol. The summed E-state index contributed by atoms with van der Waals surface area (Å²) in [6.45, 7) is 0. The van der Waals surface area contributed by atoms with Gasteiger partial charge in [-0.3, -0.25) is 5.41 Å². The molecule has 0 spiro atoms. The van der Waals surface area contributed by atoms with Crippen molar-refractivity contribution in [1.82, 2.24) is 0 Å². The molecule has 0 radical (unpaired) electrons. The first-order chi connectivity index (χ1) is 6.07. The molecule has 5 N–H and O–H groups in total. The van der Waals surface area contributed by atoms with Crippen molar-refractivity contribution in [2.75, 3.05) is 0 Å². The first-order valence-corrected chi connectivity index (χ1v) is 3.31. The van der Waals surface area contributed by atoms with Crippen LogP contribution in [0.4, 0.5) is 8.78 Å². The lowest BCUT2D eigenvalue weighted by Gasteiger charge is -1.93. The highest BCUT2D eigenvalue weighted by Gasteiger charge is 2.05. The number of halogens is 2. The Morgan fingerprint density at radius 3 is 2.46 bits per heavy atom. The summed E-state index contributed by atoms with van der Waals surface area (Å²) in [4.78, 5) is 3.45. The van der Waals surface area contributed by atoms with Gasteiger partial charge >= 0.3 is 0 Å². The van der Waals surface area contributed by atoms with Crippen molar-refractivity contribution < 1.29 is 8.78 Å². The topological polar surface area (TPSA) is 88.2 Å². The Kier molecular flexibility index (Phi) is 5.09. The van der Waals surface area contributed by atoms with Crippen molar-refractivity contribution in [2.45, 2.75) is 6.43 Å². The van der Waals surface area contributed by atoms with Crippen molar-refractivity contribution in [3.63, 3.8) is 0 Å². The minimum Gasteiger partial charge on any atom is -0.397 e. The van der Waals surface area contributed by atoms with Crippen LogP contribution < -0.4 is 11.5 Å². The van der Waals surface area contributed by atoms with Crippen molar-refractivity contribution in [3.05, 3.63) is 24.0 Å². The normalized spacial score (nSPS) is 13.3. The number of aliphatic imine (C=N–C) groups is 1. The highest BCUT2D eigenvalue weighted by molar-refractivity contribution is 5.95. The van der Waals surface area contributed by atoms with E-state index in [0.717, 1.165) is 18.5 Å². The van der Waals surface area contributed by atoms with Crippen LogP contribution >= 0.6 is 0 Å². The van der Waals surface area contributed by atoms with Gasteiger partial charge in [-0.1, -0.05) is 0 Å². The summed E-state index contributed by atoms with van der Waals surface area (Å²) in [6.07, 6.45) is 1.47. The molecule has 0 heterocycles. The summed E-state index contributed by atoms with van der Waals surface area (Å²) in [5.74, 6) is 0. The summed E-state index contributed by atoms with van der Waals surface area (Å²) in [5, 5.41) is 6.73. The molecule has 0 rings (SSSR count). The average molecular weight is 188 g/mol. The van der Waals surface area contributed by atoms with Crippen LogP contribution in [-0.2, 0) is 0 Å². The molecule has 0 aromatic heterocycles. The lowest BCUT2D eigenvalue weighted by molar-refractivity contribution is 0.226. The number of nitrogens with two attached hydrogens (primary N) is 2. The molecule has 0 bridgehead atoms. The van der Waals surface area contributed by atoms with Crippen LogP contribution in [0.2, 0.25) is 0 Å². The first kappa shape index (κ1) is 11.3. The molecule has 0 atom stereocenters. The third-order valence-corrected chi connectivity index (χ3v) is 1.00. The molecular formula is C7H10F2N4.